The van der Waals surface area contributed by atoms with Crippen LogP contribution < -0.4 is 10.6 Å². The number of aromatic amines is 1. The maximum Gasteiger partial charge on any atom is 0.220 e. The molecule has 0 spiro atoms. The third kappa shape index (κ3) is 3.99. The van der Waals surface area contributed by atoms with Crippen molar-refractivity contribution in [2.75, 3.05) is 19.6 Å². The van der Waals surface area contributed by atoms with Crippen molar-refractivity contribution in [2.45, 2.75) is 19.3 Å². The first kappa shape index (κ1) is 15.9. The van der Waals surface area contributed by atoms with Crippen LogP contribution in [0.15, 0.2) is 30.5 Å². The minimum atomic E-state index is 0. The normalized spacial score (nSPS) is 17.6. The minimum Gasteiger partial charge on any atom is -0.361 e. The lowest BCUT2D eigenvalue weighted by Gasteiger charge is -2.08. The van der Waals surface area contributed by atoms with Gasteiger partial charge in [-0.25, -0.2) is 0 Å². The van der Waals surface area contributed by atoms with Gasteiger partial charge < -0.3 is 15.6 Å². The molecule has 1 atom stereocenters. The van der Waals surface area contributed by atoms with E-state index in [0.29, 0.717) is 18.9 Å². The second-order valence-electron chi connectivity index (χ2n) is 5.52. The number of aromatic nitrogens is 1. The zero-order valence-corrected chi connectivity index (χ0v) is 12.8. The van der Waals surface area contributed by atoms with Crippen LogP contribution >= 0.6 is 12.4 Å². The van der Waals surface area contributed by atoms with E-state index in [4.69, 9.17) is 0 Å². The van der Waals surface area contributed by atoms with Crippen LogP contribution in [0.25, 0.3) is 10.9 Å². The smallest absolute Gasteiger partial charge is 0.220 e. The molecule has 1 aliphatic rings. The zero-order valence-electron chi connectivity index (χ0n) is 12.0. The zero-order chi connectivity index (χ0) is 13.8. The van der Waals surface area contributed by atoms with Crippen LogP contribution in [-0.2, 0) is 11.2 Å². The summed E-state index contributed by atoms with van der Waals surface area (Å²) < 4.78 is 0. The fraction of sp³-hybridized carbons (Fsp3) is 0.438. The fourth-order valence-corrected chi connectivity index (χ4v) is 2.90. The van der Waals surface area contributed by atoms with E-state index in [1.165, 1.54) is 10.9 Å². The van der Waals surface area contributed by atoms with E-state index in [1.54, 1.807) is 0 Å². The topological polar surface area (TPSA) is 56.9 Å². The van der Waals surface area contributed by atoms with E-state index in [2.05, 4.69) is 27.8 Å². The van der Waals surface area contributed by atoms with Gasteiger partial charge in [0.15, 0.2) is 0 Å². The highest BCUT2D eigenvalue weighted by Gasteiger charge is 2.17. The molecule has 5 heteroatoms. The number of H-pyrrole nitrogens is 1. The molecule has 1 aromatic heterocycles. The average molecular weight is 308 g/mol. The van der Waals surface area contributed by atoms with Gasteiger partial charge in [-0.15, -0.1) is 12.4 Å². The Labute approximate surface area is 131 Å². The Bertz CT molecular complexity index is 590. The summed E-state index contributed by atoms with van der Waals surface area (Å²) in [6.07, 6.45) is 4.69. The van der Waals surface area contributed by atoms with Gasteiger partial charge in [0.25, 0.3) is 0 Å². The molecule has 3 N–H and O–H groups in total. The van der Waals surface area contributed by atoms with Crippen molar-refractivity contribution in [1.29, 1.82) is 0 Å². The summed E-state index contributed by atoms with van der Waals surface area (Å²) in [5, 5.41) is 7.58. The molecule has 4 nitrogen and oxygen atoms in total. The molecule has 1 fully saturated rings. The highest BCUT2D eigenvalue weighted by molar-refractivity contribution is 5.85. The van der Waals surface area contributed by atoms with Gasteiger partial charge >= 0.3 is 0 Å². The van der Waals surface area contributed by atoms with E-state index in [-0.39, 0.29) is 18.3 Å². The molecule has 1 aliphatic heterocycles. The first-order chi connectivity index (χ1) is 9.83. The molecule has 114 valence electrons. The maximum atomic E-state index is 11.8. The van der Waals surface area contributed by atoms with Crippen molar-refractivity contribution in [3.05, 3.63) is 36.0 Å². The van der Waals surface area contributed by atoms with Crippen molar-refractivity contribution >= 4 is 29.2 Å². The second kappa shape index (κ2) is 7.48. The third-order valence-electron chi connectivity index (χ3n) is 4.03. The summed E-state index contributed by atoms with van der Waals surface area (Å²) in [4.78, 5) is 15.1. The number of benzene rings is 1. The molecule has 1 aromatic carbocycles. The van der Waals surface area contributed by atoms with Gasteiger partial charge in [0.2, 0.25) is 5.91 Å². The number of hydrogen-bond acceptors (Lipinski definition) is 2. The molecule has 21 heavy (non-hydrogen) atoms. The number of halogens is 1. The number of fused-ring (bicyclic) bond motifs is 1. The van der Waals surface area contributed by atoms with E-state index < -0.39 is 0 Å². The van der Waals surface area contributed by atoms with Gasteiger partial charge in [0.1, 0.15) is 0 Å². The summed E-state index contributed by atoms with van der Waals surface area (Å²) in [6, 6.07) is 8.27. The Hall–Kier alpha value is -1.52. The molecule has 1 unspecified atom stereocenters. The van der Waals surface area contributed by atoms with Crippen molar-refractivity contribution < 1.29 is 4.79 Å². The lowest BCUT2D eigenvalue weighted by molar-refractivity contribution is -0.121. The monoisotopic (exact) mass is 307 g/mol. The molecule has 2 heterocycles. The van der Waals surface area contributed by atoms with Crippen molar-refractivity contribution in [1.82, 2.24) is 15.6 Å². The second-order valence-corrected chi connectivity index (χ2v) is 5.52. The summed E-state index contributed by atoms with van der Waals surface area (Å²) in [6.45, 7) is 2.74. The van der Waals surface area contributed by atoms with Crippen LogP contribution in [0, 0.1) is 5.92 Å². The van der Waals surface area contributed by atoms with E-state index in [1.807, 2.05) is 18.3 Å². The Morgan fingerprint density at radius 2 is 2.19 bits per heavy atom. The van der Waals surface area contributed by atoms with Gasteiger partial charge in [-0.2, -0.15) is 0 Å². The summed E-state index contributed by atoms with van der Waals surface area (Å²) >= 11 is 0. The van der Waals surface area contributed by atoms with Gasteiger partial charge in [0, 0.05) is 30.1 Å². The van der Waals surface area contributed by atoms with Crippen LogP contribution in [0.5, 0.6) is 0 Å². The molecule has 3 rings (SSSR count). The highest BCUT2D eigenvalue weighted by Crippen LogP contribution is 2.17. The SMILES string of the molecule is Cl.O=C(CC1CCNC1)NCCc1c[nH]c2ccccc12. The number of hydrogen-bond donors (Lipinski definition) is 3. The Morgan fingerprint density at radius 3 is 3.00 bits per heavy atom. The molecule has 1 saturated heterocycles. The van der Waals surface area contributed by atoms with Gasteiger partial charge in [-0.05, 0) is 43.5 Å². The van der Waals surface area contributed by atoms with Crippen LogP contribution in [0.4, 0.5) is 0 Å². The molecule has 1 amide bonds. The quantitative estimate of drug-likeness (QED) is 0.793. The summed E-state index contributed by atoms with van der Waals surface area (Å²) in [5.74, 6) is 0.696. The molecular weight excluding hydrogens is 286 g/mol. The molecule has 0 saturated carbocycles. The van der Waals surface area contributed by atoms with Gasteiger partial charge in [-0.3, -0.25) is 4.79 Å². The fourth-order valence-electron chi connectivity index (χ4n) is 2.90. The Balaban J connectivity index is 0.00000161. The molecule has 0 radical (unpaired) electrons. The summed E-state index contributed by atoms with van der Waals surface area (Å²) in [7, 11) is 0. The average Bonchev–Trinajstić information content (AvgIpc) is 3.09. The van der Waals surface area contributed by atoms with Crippen LogP contribution in [-0.4, -0.2) is 30.5 Å². The Morgan fingerprint density at radius 1 is 1.33 bits per heavy atom. The number of nitrogens with one attached hydrogen (secondary N) is 3. The molecular formula is C16H22ClN3O. The van der Waals surface area contributed by atoms with Crippen molar-refractivity contribution in [3.63, 3.8) is 0 Å². The van der Waals surface area contributed by atoms with E-state index in [0.717, 1.165) is 31.4 Å². The highest BCUT2D eigenvalue weighted by atomic mass is 35.5. The first-order valence-corrected chi connectivity index (χ1v) is 7.35. The number of carbonyl (C=O) groups is 1. The van der Waals surface area contributed by atoms with Gasteiger partial charge in [-0.1, -0.05) is 18.2 Å². The lowest BCUT2D eigenvalue weighted by atomic mass is 10.0. The summed E-state index contributed by atoms with van der Waals surface area (Å²) in [5.41, 5.74) is 2.43. The predicted octanol–water partition coefficient (Wildman–Crippen LogP) is 2.25. The van der Waals surface area contributed by atoms with E-state index >= 15 is 0 Å². The number of carbonyl (C=O) groups excluding carboxylic acids is 1. The number of para-hydroxylation sites is 1. The predicted molar refractivity (Wildman–Crippen MR) is 87.9 cm³/mol. The van der Waals surface area contributed by atoms with Crippen molar-refractivity contribution in [2.24, 2.45) is 5.92 Å². The van der Waals surface area contributed by atoms with Crippen LogP contribution in [0.3, 0.4) is 0 Å². The molecule has 0 aliphatic carbocycles. The van der Waals surface area contributed by atoms with Crippen LogP contribution in [0.1, 0.15) is 18.4 Å². The lowest BCUT2D eigenvalue weighted by Crippen LogP contribution is -2.28. The largest absolute Gasteiger partial charge is 0.361 e. The maximum absolute atomic E-state index is 11.8. The third-order valence-corrected chi connectivity index (χ3v) is 4.03. The minimum absolute atomic E-state index is 0. The van der Waals surface area contributed by atoms with Crippen molar-refractivity contribution in [3.8, 4) is 0 Å². The van der Waals surface area contributed by atoms with E-state index in [9.17, 15) is 4.79 Å². The Kier molecular flexibility index (Phi) is 5.65. The van der Waals surface area contributed by atoms with Crippen LogP contribution in [0.2, 0.25) is 0 Å². The standard InChI is InChI=1S/C16H21N3O.ClH/c20-16(9-12-5-7-17-10-12)18-8-6-13-11-19-15-4-2-1-3-14(13)15;/h1-4,11-12,17,19H,5-10H2,(H,18,20);1H. The number of rotatable bonds is 5. The van der Waals surface area contributed by atoms with Gasteiger partial charge in [0.05, 0.1) is 0 Å². The molecule has 2 aromatic rings. The first-order valence-electron chi connectivity index (χ1n) is 7.35. The number of amides is 1. The molecule has 0 bridgehead atoms.